The number of nitrogens with two attached hydrogens (primary N) is 1. The number of esters is 3. The number of rotatable bonds is 9. The third-order valence-electron chi connectivity index (χ3n) is 6.23. The number of benzene rings is 1. The SMILES string of the molecule is COC(=O)[C@H](Cc1ccc(OC(=O)CC(C)(C)C)c(OC(=O)CC(C)(C)C)c1)NC(=O)C1(N)CCCCC1. The van der Waals surface area contributed by atoms with Crippen LogP contribution in [0.2, 0.25) is 0 Å². The molecule has 9 nitrogen and oxygen atoms in total. The van der Waals surface area contributed by atoms with Crippen LogP contribution in [0.3, 0.4) is 0 Å². The Bertz CT molecular complexity index is 1010. The molecule has 0 unspecified atom stereocenters. The Hall–Kier alpha value is -2.94. The minimum Gasteiger partial charge on any atom is -0.467 e. The van der Waals surface area contributed by atoms with Crippen LogP contribution < -0.4 is 20.5 Å². The van der Waals surface area contributed by atoms with Gasteiger partial charge in [-0.1, -0.05) is 66.9 Å². The van der Waals surface area contributed by atoms with E-state index in [0.717, 1.165) is 19.3 Å². The Balaban J connectivity index is 2.31. The van der Waals surface area contributed by atoms with Crippen molar-refractivity contribution in [2.24, 2.45) is 16.6 Å². The van der Waals surface area contributed by atoms with Crippen LogP contribution in [0.5, 0.6) is 11.5 Å². The lowest BCUT2D eigenvalue weighted by atomic mass is 9.81. The summed E-state index contributed by atoms with van der Waals surface area (Å²) in [6.45, 7) is 11.5. The maximum Gasteiger partial charge on any atom is 0.328 e. The molecular formula is C29H44N2O7. The van der Waals surface area contributed by atoms with Crippen molar-refractivity contribution in [1.29, 1.82) is 0 Å². The second-order valence-electron chi connectivity index (χ2n) is 12.7. The van der Waals surface area contributed by atoms with E-state index in [2.05, 4.69) is 5.32 Å². The van der Waals surface area contributed by atoms with Gasteiger partial charge in [0.05, 0.1) is 25.5 Å². The summed E-state index contributed by atoms with van der Waals surface area (Å²) in [4.78, 5) is 50.7. The van der Waals surface area contributed by atoms with Gasteiger partial charge in [0.1, 0.15) is 6.04 Å². The third kappa shape index (κ3) is 10.1. The first-order valence-corrected chi connectivity index (χ1v) is 13.2. The molecule has 0 aromatic heterocycles. The van der Waals surface area contributed by atoms with E-state index in [1.807, 2.05) is 41.5 Å². The van der Waals surface area contributed by atoms with Crippen molar-refractivity contribution in [1.82, 2.24) is 5.32 Å². The van der Waals surface area contributed by atoms with Crippen molar-refractivity contribution in [2.75, 3.05) is 7.11 Å². The van der Waals surface area contributed by atoms with Gasteiger partial charge < -0.3 is 25.3 Å². The number of hydrogen-bond donors (Lipinski definition) is 2. The monoisotopic (exact) mass is 532 g/mol. The summed E-state index contributed by atoms with van der Waals surface area (Å²) < 4.78 is 16.1. The molecule has 0 aliphatic heterocycles. The molecule has 1 saturated carbocycles. The zero-order chi connectivity index (χ0) is 28.7. The van der Waals surface area contributed by atoms with E-state index >= 15 is 0 Å². The first kappa shape index (κ1) is 31.3. The predicted octanol–water partition coefficient (Wildman–Crippen LogP) is 4.23. The van der Waals surface area contributed by atoms with Crippen molar-refractivity contribution in [3.63, 3.8) is 0 Å². The molecule has 3 N–H and O–H groups in total. The molecule has 0 heterocycles. The highest BCUT2D eigenvalue weighted by Gasteiger charge is 2.37. The number of nitrogens with one attached hydrogen (secondary N) is 1. The molecule has 1 amide bonds. The highest BCUT2D eigenvalue weighted by atomic mass is 16.6. The summed E-state index contributed by atoms with van der Waals surface area (Å²) in [5.41, 5.74) is 5.31. The molecule has 1 aromatic rings. The summed E-state index contributed by atoms with van der Waals surface area (Å²) >= 11 is 0. The van der Waals surface area contributed by atoms with E-state index in [1.54, 1.807) is 12.1 Å². The van der Waals surface area contributed by atoms with Crippen molar-refractivity contribution in [3.8, 4) is 11.5 Å². The lowest BCUT2D eigenvalue weighted by Gasteiger charge is -2.33. The van der Waals surface area contributed by atoms with Crippen LogP contribution in [0.25, 0.3) is 0 Å². The summed E-state index contributed by atoms with van der Waals surface area (Å²) in [5.74, 6) is -1.79. The van der Waals surface area contributed by atoms with Gasteiger partial charge in [-0.25, -0.2) is 4.79 Å². The number of carbonyl (C=O) groups is 4. The Kier molecular flexibility index (Phi) is 10.5. The van der Waals surface area contributed by atoms with Crippen LogP contribution in [-0.2, 0) is 30.3 Å². The van der Waals surface area contributed by atoms with Crippen LogP contribution in [0.1, 0.15) is 92.1 Å². The zero-order valence-electron chi connectivity index (χ0n) is 23.9. The Labute approximate surface area is 226 Å². The average Bonchev–Trinajstić information content (AvgIpc) is 2.77. The first-order valence-electron chi connectivity index (χ1n) is 13.2. The first-order chi connectivity index (χ1) is 17.5. The lowest BCUT2D eigenvalue weighted by Crippen LogP contribution is -2.58. The second-order valence-corrected chi connectivity index (χ2v) is 12.7. The predicted molar refractivity (Wildman–Crippen MR) is 144 cm³/mol. The Morgan fingerprint density at radius 1 is 0.895 bits per heavy atom. The number of methoxy groups -OCH3 is 1. The molecule has 9 heteroatoms. The maximum absolute atomic E-state index is 13.0. The van der Waals surface area contributed by atoms with E-state index in [1.165, 1.54) is 13.2 Å². The summed E-state index contributed by atoms with van der Waals surface area (Å²) in [5, 5.41) is 2.76. The van der Waals surface area contributed by atoms with Gasteiger partial charge in [0.15, 0.2) is 11.5 Å². The molecule has 38 heavy (non-hydrogen) atoms. The van der Waals surface area contributed by atoms with Crippen LogP contribution in [0.4, 0.5) is 0 Å². The Morgan fingerprint density at radius 2 is 1.42 bits per heavy atom. The van der Waals surface area contributed by atoms with E-state index in [4.69, 9.17) is 19.9 Å². The van der Waals surface area contributed by atoms with E-state index < -0.39 is 35.4 Å². The minimum absolute atomic E-state index is 0.0640. The van der Waals surface area contributed by atoms with Crippen LogP contribution in [0, 0.1) is 10.8 Å². The molecule has 0 bridgehead atoms. The number of ether oxygens (including phenoxy) is 3. The number of carbonyl (C=O) groups excluding carboxylic acids is 4. The van der Waals surface area contributed by atoms with Crippen LogP contribution in [-0.4, -0.2) is 42.5 Å². The van der Waals surface area contributed by atoms with E-state index in [9.17, 15) is 19.2 Å². The molecule has 1 aliphatic carbocycles. The highest BCUT2D eigenvalue weighted by Crippen LogP contribution is 2.32. The summed E-state index contributed by atoms with van der Waals surface area (Å²) in [6.07, 6.45) is 4.21. The van der Waals surface area contributed by atoms with E-state index in [-0.39, 0.29) is 41.6 Å². The molecule has 1 fully saturated rings. The van der Waals surface area contributed by atoms with Gasteiger partial charge in [-0.2, -0.15) is 0 Å². The fourth-order valence-electron chi connectivity index (χ4n) is 4.31. The van der Waals surface area contributed by atoms with Gasteiger partial charge in [0, 0.05) is 6.42 Å². The summed E-state index contributed by atoms with van der Waals surface area (Å²) in [6, 6.07) is 3.72. The number of amides is 1. The maximum atomic E-state index is 13.0. The molecule has 2 rings (SSSR count). The largest absolute Gasteiger partial charge is 0.467 e. The topological polar surface area (TPSA) is 134 Å². The quantitative estimate of drug-likeness (QED) is 0.356. The normalized spacial score (nSPS) is 16.2. The van der Waals surface area contributed by atoms with Crippen molar-refractivity contribution >= 4 is 23.8 Å². The Morgan fingerprint density at radius 3 is 1.92 bits per heavy atom. The highest BCUT2D eigenvalue weighted by molar-refractivity contribution is 5.90. The molecule has 1 aromatic carbocycles. The molecule has 212 valence electrons. The number of hydrogen-bond acceptors (Lipinski definition) is 8. The zero-order valence-corrected chi connectivity index (χ0v) is 23.9. The third-order valence-corrected chi connectivity index (χ3v) is 6.23. The van der Waals surface area contributed by atoms with E-state index in [0.29, 0.717) is 18.4 Å². The van der Waals surface area contributed by atoms with Gasteiger partial charge in [-0.15, -0.1) is 0 Å². The molecule has 0 spiro atoms. The van der Waals surface area contributed by atoms with Crippen molar-refractivity contribution < 1.29 is 33.4 Å². The average molecular weight is 533 g/mol. The molecule has 0 radical (unpaired) electrons. The van der Waals surface area contributed by atoms with Crippen LogP contribution >= 0.6 is 0 Å². The van der Waals surface area contributed by atoms with Gasteiger partial charge in [0.2, 0.25) is 5.91 Å². The van der Waals surface area contributed by atoms with Crippen molar-refractivity contribution in [3.05, 3.63) is 23.8 Å². The van der Waals surface area contributed by atoms with Gasteiger partial charge in [0.25, 0.3) is 0 Å². The van der Waals surface area contributed by atoms with Gasteiger partial charge >= 0.3 is 17.9 Å². The summed E-state index contributed by atoms with van der Waals surface area (Å²) in [7, 11) is 1.25. The smallest absolute Gasteiger partial charge is 0.328 e. The second kappa shape index (κ2) is 12.7. The molecular weight excluding hydrogens is 488 g/mol. The fraction of sp³-hybridized carbons (Fsp3) is 0.655. The fourth-order valence-corrected chi connectivity index (χ4v) is 4.31. The minimum atomic E-state index is -1.02. The lowest BCUT2D eigenvalue weighted by molar-refractivity contribution is -0.146. The molecule has 0 saturated heterocycles. The van der Waals surface area contributed by atoms with Gasteiger partial charge in [-0.05, 0) is 41.4 Å². The standard InChI is InChI=1S/C29H44N2O7/c1-27(2,3)17-23(32)37-21-12-11-19(16-22(21)38-24(33)18-28(4,5)6)15-20(25(34)36-7)31-26(35)29(30)13-9-8-10-14-29/h11-12,16,20H,8-10,13-15,17-18,30H2,1-7H3,(H,31,35)/t20-/m0/s1. The molecule has 1 atom stereocenters. The van der Waals surface area contributed by atoms with Gasteiger partial charge in [-0.3, -0.25) is 14.4 Å². The molecule has 1 aliphatic rings. The van der Waals surface area contributed by atoms with Crippen molar-refractivity contribution in [2.45, 2.75) is 104 Å². The van der Waals surface area contributed by atoms with Crippen LogP contribution in [0.15, 0.2) is 18.2 Å².